The molecule has 2 N–H and O–H groups in total. The van der Waals surface area contributed by atoms with Crippen LogP contribution in [0.2, 0.25) is 0 Å². The molecule has 1 aliphatic heterocycles. The Morgan fingerprint density at radius 1 is 1.28 bits per heavy atom. The van der Waals surface area contributed by atoms with Gasteiger partial charge in [0.2, 0.25) is 0 Å². The molecule has 1 fully saturated rings. The lowest BCUT2D eigenvalue weighted by atomic mass is 10.0. The van der Waals surface area contributed by atoms with Gasteiger partial charge >= 0.3 is 0 Å². The van der Waals surface area contributed by atoms with Crippen LogP contribution in [0, 0.1) is 0 Å². The van der Waals surface area contributed by atoms with Crippen LogP contribution in [0.15, 0.2) is 28.7 Å². The second-order valence-electron chi connectivity index (χ2n) is 5.01. The van der Waals surface area contributed by atoms with Crippen molar-refractivity contribution in [1.29, 1.82) is 0 Å². The zero-order valence-corrected chi connectivity index (χ0v) is 12.6. The van der Waals surface area contributed by atoms with E-state index >= 15 is 0 Å². The van der Waals surface area contributed by atoms with Crippen molar-refractivity contribution >= 4 is 15.9 Å². The molecule has 0 aliphatic carbocycles. The number of benzene rings is 1. The van der Waals surface area contributed by atoms with Gasteiger partial charge in [-0.15, -0.1) is 0 Å². The highest BCUT2D eigenvalue weighted by atomic mass is 79.9. The van der Waals surface area contributed by atoms with Crippen LogP contribution in [0.3, 0.4) is 0 Å². The molecule has 1 heterocycles. The summed E-state index contributed by atoms with van der Waals surface area (Å²) < 4.78 is 6.88. The van der Waals surface area contributed by atoms with Gasteiger partial charge in [-0.05, 0) is 31.5 Å². The number of ether oxygens (including phenoxy) is 1. The third-order valence-electron chi connectivity index (χ3n) is 3.37. The minimum absolute atomic E-state index is 0.276. The maximum Gasteiger partial charge on any atom is 0.0678 e. The quantitative estimate of drug-likeness (QED) is 0.932. The van der Waals surface area contributed by atoms with Crippen LogP contribution in [0.25, 0.3) is 0 Å². The fraction of sp³-hybridized carbons (Fsp3) is 0.571. The van der Waals surface area contributed by atoms with Crippen LogP contribution >= 0.6 is 15.9 Å². The van der Waals surface area contributed by atoms with E-state index in [-0.39, 0.29) is 18.2 Å². The number of halogens is 1. The molecule has 0 aromatic heterocycles. The minimum atomic E-state index is 0.276. The number of morpholine rings is 1. The molecule has 0 unspecified atom stereocenters. The first kappa shape index (κ1) is 14.0. The van der Waals surface area contributed by atoms with Crippen LogP contribution in [-0.4, -0.2) is 36.7 Å². The summed E-state index contributed by atoms with van der Waals surface area (Å²) in [4.78, 5) is 2.43. The summed E-state index contributed by atoms with van der Waals surface area (Å²) in [7, 11) is 0. The SMILES string of the molecule is C[C@@H]1CN([C@H](CN)c2ccc(Br)cc2)C[C@H](C)O1. The predicted octanol–water partition coefficient (Wildman–Crippen LogP) is 2.56. The number of nitrogens with two attached hydrogens (primary N) is 1. The molecule has 1 saturated heterocycles. The highest BCUT2D eigenvalue weighted by molar-refractivity contribution is 9.10. The van der Waals surface area contributed by atoms with Crippen molar-refractivity contribution in [2.24, 2.45) is 5.73 Å². The van der Waals surface area contributed by atoms with Gasteiger partial charge in [-0.25, -0.2) is 0 Å². The Bertz CT molecular complexity index is 372. The van der Waals surface area contributed by atoms with E-state index in [2.05, 4.69) is 58.9 Å². The second-order valence-corrected chi connectivity index (χ2v) is 5.93. The maximum absolute atomic E-state index is 5.97. The molecule has 3 atom stereocenters. The average Bonchev–Trinajstić information content (AvgIpc) is 2.31. The van der Waals surface area contributed by atoms with Crippen molar-refractivity contribution in [3.05, 3.63) is 34.3 Å². The van der Waals surface area contributed by atoms with E-state index in [1.165, 1.54) is 5.56 Å². The molecular weight excluding hydrogens is 292 g/mol. The van der Waals surface area contributed by atoms with E-state index in [0.29, 0.717) is 6.54 Å². The van der Waals surface area contributed by atoms with E-state index in [9.17, 15) is 0 Å². The third-order valence-corrected chi connectivity index (χ3v) is 3.90. The van der Waals surface area contributed by atoms with E-state index in [1.807, 2.05) is 0 Å². The standard InChI is InChI=1S/C14H21BrN2O/c1-10-8-17(9-11(2)18-10)14(7-16)12-3-5-13(15)6-4-12/h3-6,10-11,14H,7-9,16H2,1-2H3/t10-,11+,14-/m1/s1. The Hall–Kier alpha value is -0.420. The van der Waals surface area contributed by atoms with E-state index in [4.69, 9.17) is 10.5 Å². The van der Waals surface area contributed by atoms with Crippen molar-refractivity contribution in [2.75, 3.05) is 19.6 Å². The molecule has 100 valence electrons. The fourth-order valence-electron chi connectivity index (χ4n) is 2.65. The highest BCUT2D eigenvalue weighted by Crippen LogP contribution is 2.25. The Balaban J connectivity index is 2.14. The third kappa shape index (κ3) is 3.32. The van der Waals surface area contributed by atoms with Crippen molar-refractivity contribution in [3.8, 4) is 0 Å². The molecule has 1 aromatic rings. The highest BCUT2D eigenvalue weighted by Gasteiger charge is 2.27. The summed E-state index contributed by atoms with van der Waals surface area (Å²) in [5, 5.41) is 0. The minimum Gasteiger partial charge on any atom is -0.373 e. The van der Waals surface area contributed by atoms with Gasteiger partial charge in [0.1, 0.15) is 0 Å². The molecule has 1 aromatic carbocycles. The zero-order chi connectivity index (χ0) is 13.1. The molecule has 0 bridgehead atoms. The second kappa shape index (κ2) is 6.15. The van der Waals surface area contributed by atoms with Crippen molar-refractivity contribution in [2.45, 2.75) is 32.1 Å². The number of rotatable bonds is 3. The Morgan fingerprint density at radius 2 is 1.83 bits per heavy atom. The zero-order valence-electron chi connectivity index (χ0n) is 11.0. The molecule has 0 radical (unpaired) electrons. The number of hydrogen-bond donors (Lipinski definition) is 1. The van der Waals surface area contributed by atoms with Crippen molar-refractivity contribution < 1.29 is 4.74 Å². The lowest BCUT2D eigenvalue weighted by Crippen LogP contribution is -2.48. The van der Waals surface area contributed by atoms with E-state index in [0.717, 1.165) is 17.6 Å². The van der Waals surface area contributed by atoms with Gasteiger partial charge in [-0.1, -0.05) is 28.1 Å². The molecular formula is C14H21BrN2O. The first-order chi connectivity index (χ1) is 8.60. The predicted molar refractivity (Wildman–Crippen MR) is 77.5 cm³/mol. The molecule has 2 rings (SSSR count). The van der Waals surface area contributed by atoms with Crippen molar-refractivity contribution in [3.63, 3.8) is 0 Å². The average molecular weight is 313 g/mol. The van der Waals surface area contributed by atoms with Crippen LogP contribution in [0.4, 0.5) is 0 Å². The first-order valence-corrected chi connectivity index (χ1v) is 7.24. The number of hydrogen-bond acceptors (Lipinski definition) is 3. The molecule has 18 heavy (non-hydrogen) atoms. The van der Waals surface area contributed by atoms with Gasteiger partial charge in [0.15, 0.2) is 0 Å². The molecule has 0 spiro atoms. The normalized spacial score (nSPS) is 27.1. The maximum atomic E-state index is 5.97. The molecule has 1 aliphatic rings. The van der Waals surface area contributed by atoms with Gasteiger partial charge in [0.05, 0.1) is 12.2 Å². The number of nitrogens with zero attached hydrogens (tertiary/aromatic N) is 1. The topological polar surface area (TPSA) is 38.5 Å². The van der Waals surface area contributed by atoms with Gasteiger partial charge in [-0.2, -0.15) is 0 Å². The summed E-state index contributed by atoms with van der Waals surface area (Å²) in [6.07, 6.45) is 0.552. The smallest absolute Gasteiger partial charge is 0.0678 e. The Kier molecular flexibility index (Phi) is 4.78. The summed E-state index contributed by atoms with van der Waals surface area (Å²) in [5.41, 5.74) is 7.25. The van der Waals surface area contributed by atoms with E-state index in [1.54, 1.807) is 0 Å². The van der Waals surface area contributed by atoms with Crippen LogP contribution in [0.5, 0.6) is 0 Å². The Labute approximate surface area is 117 Å². The first-order valence-electron chi connectivity index (χ1n) is 6.45. The van der Waals surface area contributed by atoms with E-state index < -0.39 is 0 Å². The van der Waals surface area contributed by atoms with Gasteiger partial charge in [0.25, 0.3) is 0 Å². The lowest BCUT2D eigenvalue weighted by Gasteiger charge is -2.40. The van der Waals surface area contributed by atoms with Gasteiger partial charge < -0.3 is 10.5 Å². The lowest BCUT2D eigenvalue weighted by molar-refractivity contribution is -0.0799. The molecule has 4 heteroatoms. The van der Waals surface area contributed by atoms with Crippen LogP contribution in [-0.2, 0) is 4.74 Å². The molecule has 0 amide bonds. The fourth-order valence-corrected chi connectivity index (χ4v) is 2.92. The summed E-state index contributed by atoms with van der Waals surface area (Å²) >= 11 is 3.47. The van der Waals surface area contributed by atoms with Gasteiger partial charge in [0, 0.05) is 30.1 Å². The van der Waals surface area contributed by atoms with Gasteiger partial charge in [-0.3, -0.25) is 4.90 Å². The Morgan fingerprint density at radius 3 is 2.33 bits per heavy atom. The summed E-state index contributed by atoms with van der Waals surface area (Å²) in [6, 6.07) is 8.72. The van der Waals surface area contributed by atoms with Crippen LogP contribution in [0.1, 0.15) is 25.5 Å². The molecule has 0 saturated carbocycles. The molecule has 3 nitrogen and oxygen atoms in total. The van der Waals surface area contributed by atoms with Crippen molar-refractivity contribution in [1.82, 2.24) is 4.90 Å². The largest absolute Gasteiger partial charge is 0.373 e. The van der Waals surface area contributed by atoms with Crippen LogP contribution < -0.4 is 5.73 Å². The monoisotopic (exact) mass is 312 g/mol. The summed E-state index contributed by atoms with van der Waals surface area (Å²) in [6.45, 7) is 6.78. The summed E-state index contributed by atoms with van der Waals surface area (Å²) in [5.74, 6) is 0.